The number of benzene rings is 1. The summed E-state index contributed by atoms with van der Waals surface area (Å²) in [6.07, 6.45) is 0.774. The number of fused-ring (bicyclic) bond motifs is 1. The highest BCUT2D eigenvalue weighted by Crippen LogP contribution is 2.31. The summed E-state index contributed by atoms with van der Waals surface area (Å²) >= 11 is 7.62. The second kappa shape index (κ2) is 6.30. The number of urea groups is 1. The summed E-state index contributed by atoms with van der Waals surface area (Å²) in [6.45, 7) is 1.21. The molecule has 2 N–H and O–H groups in total. The summed E-state index contributed by atoms with van der Waals surface area (Å²) < 4.78 is 0. The molecule has 24 heavy (non-hydrogen) atoms. The second-order valence-electron chi connectivity index (χ2n) is 5.62. The van der Waals surface area contributed by atoms with Gasteiger partial charge in [-0.1, -0.05) is 23.7 Å². The Morgan fingerprint density at radius 1 is 1.33 bits per heavy atom. The van der Waals surface area contributed by atoms with E-state index < -0.39 is 0 Å². The van der Waals surface area contributed by atoms with E-state index in [2.05, 4.69) is 15.5 Å². The molecule has 5 nitrogen and oxygen atoms in total. The molecular formula is C17H15ClN4OS. The number of H-pyrrole nitrogens is 1. The molecule has 0 unspecified atom stereocenters. The van der Waals surface area contributed by atoms with Crippen LogP contribution in [0.3, 0.4) is 0 Å². The SMILES string of the molecule is O=C(Nc1cccc(Cl)c1)N1CCc2[nH]nc(-c3cccs3)c2C1. The van der Waals surface area contributed by atoms with Crippen LogP contribution in [-0.2, 0) is 13.0 Å². The number of anilines is 1. The minimum absolute atomic E-state index is 0.124. The third kappa shape index (κ3) is 2.90. The van der Waals surface area contributed by atoms with Gasteiger partial charge in [0.05, 0.1) is 11.4 Å². The zero-order valence-corrected chi connectivity index (χ0v) is 14.3. The molecule has 0 radical (unpaired) electrons. The van der Waals surface area contributed by atoms with Gasteiger partial charge in [0.15, 0.2) is 0 Å². The van der Waals surface area contributed by atoms with Gasteiger partial charge in [-0.15, -0.1) is 11.3 Å². The van der Waals surface area contributed by atoms with Gasteiger partial charge in [-0.25, -0.2) is 4.79 Å². The molecule has 0 spiro atoms. The predicted octanol–water partition coefficient (Wildman–Crippen LogP) is 4.38. The highest BCUT2D eigenvalue weighted by Gasteiger charge is 2.26. The fourth-order valence-electron chi connectivity index (χ4n) is 2.85. The molecule has 0 fully saturated rings. The minimum atomic E-state index is -0.124. The molecule has 0 saturated heterocycles. The van der Waals surface area contributed by atoms with Crippen LogP contribution in [0.2, 0.25) is 5.02 Å². The van der Waals surface area contributed by atoms with Gasteiger partial charge in [-0.2, -0.15) is 5.10 Å². The van der Waals surface area contributed by atoms with Gasteiger partial charge < -0.3 is 10.2 Å². The van der Waals surface area contributed by atoms with Crippen LogP contribution >= 0.6 is 22.9 Å². The number of rotatable bonds is 2. The minimum Gasteiger partial charge on any atom is -0.320 e. The zero-order chi connectivity index (χ0) is 16.5. The summed E-state index contributed by atoms with van der Waals surface area (Å²) in [5, 5.41) is 13.1. The van der Waals surface area contributed by atoms with Gasteiger partial charge in [-0.3, -0.25) is 5.10 Å². The van der Waals surface area contributed by atoms with Crippen LogP contribution in [0.25, 0.3) is 10.6 Å². The Morgan fingerprint density at radius 3 is 3.04 bits per heavy atom. The Kier molecular flexibility index (Phi) is 4.00. The average Bonchev–Trinajstić information content (AvgIpc) is 3.23. The predicted molar refractivity (Wildman–Crippen MR) is 96.5 cm³/mol. The maximum atomic E-state index is 12.6. The number of hydrogen-bond donors (Lipinski definition) is 2. The van der Waals surface area contributed by atoms with E-state index >= 15 is 0 Å². The number of aromatic amines is 1. The summed E-state index contributed by atoms with van der Waals surface area (Å²) in [5.74, 6) is 0. The maximum Gasteiger partial charge on any atom is 0.322 e. The van der Waals surface area contributed by atoms with Crippen molar-refractivity contribution < 1.29 is 4.79 Å². The van der Waals surface area contributed by atoms with Crippen molar-refractivity contribution in [2.24, 2.45) is 0 Å². The van der Waals surface area contributed by atoms with Gasteiger partial charge >= 0.3 is 6.03 Å². The lowest BCUT2D eigenvalue weighted by atomic mass is 10.0. The largest absolute Gasteiger partial charge is 0.322 e. The van der Waals surface area contributed by atoms with Crippen LogP contribution in [0.4, 0.5) is 10.5 Å². The first kappa shape index (κ1) is 15.2. The summed E-state index contributed by atoms with van der Waals surface area (Å²) in [4.78, 5) is 15.5. The quantitative estimate of drug-likeness (QED) is 0.714. The van der Waals surface area contributed by atoms with E-state index in [0.717, 1.165) is 28.2 Å². The van der Waals surface area contributed by atoms with Crippen molar-refractivity contribution in [3.8, 4) is 10.6 Å². The molecule has 0 bridgehead atoms. The zero-order valence-electron chi connectivity index (χ0n) is 12.8. The normalized spacial score (nSPS) is 13.6. The number of halogens is 1. The maximum absolute atomic E-state index is 12.6. The summed E-state index contributed by atoms with van der Waals surface area (Å²) in [7, 11) is 0. The van der Waals surface area contributed by atoms with E-state index in [4.69, 9.17) is 11.6 Å². The molecule has 2 amide bonds. The Balaban J connectivity index is 1.53. The summed E-state index contributed by atoms with van der Waals surface area (Å²) in [5.41, 5.74) is 3.86. The Morgan fingerprint density at radius 2 is 2.25 bits per heavy atom. The van der Waals surface area contributed by atoms with Gasteiger partial charge in [0.25, 0.3) is 0 Å². The van der Waals surface area contributed by atoms with E-state index in [9.17, 15) is 4.79 Å². The third-order valence-corrected chi connectivity index (χ3v) is 5.16. The van der Waals surface area contributed by atoms with Crippen molar-refractivity contribution in [2.45, 2.75) is 13.0 Å². The Hall–Kier alpha value is -2.31. The molecule has 1 aliphatic rings. The topological polar surface area (TPSA) is 61.0 Å². The highest BCUT2D eigenvalue weighted by atomic mass is 35.5. The van der Waals surface area contributed by atoms with Crippen molar-refractivity contribution in [1.82, 2.24) is 15.1 Å². The lowest BCUT2D eigenvalue weighted by molar-refractivity contribution is 0.206. The smallest absolute Gasteiger partial charge is 0.320 e. The summed E-state index contributed by atoms with van der Waals surface area (Å²) in [6, 6.07) is 11.1. The number of aromatic nitrogens is 2. The molecule has 4 rings (SSSR count). The number of nitrogens with one attached hydrogen (secondary N) is 2. The van der Waals surface area contributed by atoms with E-state index in [1.807, 2.05) is 29.6 Å². The average molecular weight is 359 g/mol. The van der Waals surface area contributed by atoms with E-state index in [0.29, 0.717) is 23.8 Å². The molecule has 2 aromatic heterocycles. The highest BCUT2D eigenvalue weighted by molar-refractivity contribution is 7.13. The van der Waals surface area contributed by atoms with Gasteiger partial charge in [0, 0.05) is 34.9 Å². The third-order valence-electron chi connectivity index (χ3n) is 4.05. The molecule has 0 saturated carbocycles. The lowest BCUT2D eigenvalue weighted by Gasteiger charge is -2.27. The first-order chi connectivity index (χ1) is 11.7. The van der Waals surface area contributed by atoms with Crippen LogP contribution < -0.4 is 5.32 Å². The van der Waals surface area contributed by atoms with Crippen molar-refractivity contribution in [2.75, 3.05) is 11.9 Å². The molecule has 7 heteroatoms. The van der Waals surface area contributed by atoms with Crippen LogP contribution in [0.15, 0.2) is 41.8 Å². The molecule has 3 aromatic rings. The molecule has 0 aliphatic carbocycles. The number of nitrogens with zero attached hydrogens (tertiary/aromatic N) is 2. The molecule has 1 aliphatic heterocycles. The number of amides is 2. The number of thiophene rings is 1. The van der Waals surface area contributed by atoms with Crippen molar-refractivity contribution in [1.29, 1.82) is 0 Å². The Bertz CT molecular complexity index is 875. The number of carbonyl (C=O) groups excluding carboxylic acids is 1. The van der Waals surface area contributed by atoms with Gasteiger partial charge in [0.1, 0.15) is 5.69 Å². The number of hydrogen-bond acceptors (Lipinski definition) is 3. The van der Waals surface area contributed by atoms with Crippen molar-refractivity contribution in [3.05, 3.63) is 58.1 Å². The van der Waals surface area contributed by atoms with E-state index in [-0.39, 0.29) is 6.03 Å². The van der Waals surface area contributed by atoms with Crippen LogP contribution in [0, 0.1) is 0 Å². The van der Waals surface area contributed by atoms with E-state index in [1.165, 1.54) is 0 Å². The Labute approximate surface area is 148 Å². The van der Waals surface area contributed by atoms with Crippen LogP contribution in [0.5, 0.6) is 0 Å². The lowest BCUT2D eigenvalue weighted by Crippen LogP contribution is -2.38. The molecule has 3 heterocycles. The van der Waals surface area contributed by atoms with Crippen molar-refractivity contribution in [3.63, 3.8) is 0 Å². The van der Waals surface area contributed by atoms with Gasteiger partial charge in [-0.05, 0) is 29.6 Å². The van der Waals surface area contributed by atoms with Crippen LogP contribution in [0.1, 0.15) is 11.3 Å². The number of carbonyl (C=O) groups is 1. The fraction of sp³-hybridized carbons (Fsp3) is 0.176. The second-order valence-corrected chi connectivity index (χ2v) is 7.00. The molecular weight excluding hydrogens is 344 g/mol. The standard InChI is InChI=1S/C17H15ClN4OS/c18-11-3-1-4-12(9-11)19-17(23)22-7-6-14-13(10-22)16(21-20-14)15-5-2-8-24-15/h1-5,8-9H,6-7,10H2,(H,19,23)(H,20,21). The fourth-order valence-corrected chi connectivity index (χ4v) is 3.79. The molecule has 0 atom stereocenters. The first-order valence-corrected chi connectivity index (χ1v) is 8.88. The first-order valence-electron chi connectivity index (χ1n) is 7.62. The van der Waals surface area contributed by atoms with E-state index in [1.54, 1.807) is 28.4 Å². The van der Waals surface area contributed by atoms with Gasteiger partial charge in [0.2, 0.25) is 0 Å². The monoisotopic (exact) mass is 358 g/mol. The molecule has 122 valence electrons. The van der Waals surface area contributed by atoms with Crippen molar-refractivity contribution >= 4 is 34.7 Å². The molecule has 1 aromatic carbocycles. The van der Waals surface area contributed by atoms with Crippen LogP contribution in [-0.4, -0.2) is 27.7 Å².